The van der Waals surface area contributed by atoms with Crippen LogP contribution in [-0.4, -0.2) is 48.7 Å². The van der Waals surface area contributed by atoms with Gasteiger partial charge < -0.3 is 11.1 Å². The molecule has 2 fully saturated rings. The minimum absolute atomic E-state index is 0.0945. The second-order valence-electron chi connectivity index (χ2n) is 10.3. The molecule has 9 heteroatoms. The van der Waals surface area contributed by atoms with Gasteiger partial charge in [0.1, 0.15) is 6.04 Å². The number of piperidine rings is 1. The summed E-state index contributed by atoms with van der Waals surface area (Å²) in [6.07, 6.45) is 2.52. The number of hydrogen-bond donors (Lipinski definition) is 3. The molecule has 4 rings (SSSR count). The normalized spacial score (nSPS) is 27.1. The van der Waals surface area contributed by atoms with Gasteiger partial charge in [0.15, 0.2) is 0 Å². The van der Waals surface area contributed by atoms with Gasteiger partial charge in [0.2, 0.25) is 0 Å². The zero-order valence-electron chi connectivity index (χ0n) is 19.8. The van der Waals surface area contributed by atoms with Crippen molar-refractivity contribution >= 4 is 17.3 Å². The molecular formula is C25H34F3N5O. The molecule has 2 heterocycles. The zero-order valence-corrected chi connectivity index (χ0v) is 19.8. The molecule has 0 aromatic heterocycles. The van der Waals surface area contributed by atoms with E-state index in [-0.39, 0.29) is 11.5 Å². The highest BCUT2D eigenvalue weighted by Crippen LogP contribution is 2.47. The van der Waals surface area contributed by atoms with E-state index >= 15 is 0 Å². The topological polar surface area (TPSA) is 73.6 Å². The van der Waals surface area contributed by atoms with Crippen molar-refractivity contribution in [3.8, 4) is 0 Å². The van der Waals surface area contributed by atoms with Crippen LogP contribution in [0.25, 0.3) is 0 Å². The van der Waals surface area contributed by atoms with Crippen molar-refractivity contribution in [2.45, 2.75) is 57.8 Å². The fourth-order valence-electron chi connectivity index (χ4n) is 5.40. The number of alkyl halides is 3. The summed E-state index contributed by atoms with van der Waals surface area (Å²) in [6.45, 7) is 10.4. The predicted octanol–water partition coefficient (Wildman–Crippen LogP) is 4.42. The molecule has 186 valence electrons. The van der Waals surface area contributed by atoms with Crippen LogP contribution >= 0.6 is 0 Å². The van der Waals surface area contributed by atoms with Gasteiger partial charge in [0.05, 0.1) is 11.3 Å². The van der Waals surface area contributed by atoms with Crippen LogP contribution in [-0.2, 0) is 0 Å². The number of rotatable bonds is 6. The molecule has 6 nitrogen and oxygen atoms in total. The van der Waals surface area contributed by atoms with E-state index in [4.69, 9.17) is 5.73 Å². The van der Waals surface area contributed by atoms with Gasteiger partial charge in [-0.05, 0) is 55.8 Å². The maximum absolute atomic E-state index is 13.9. The van der Waals surface area contributed by atoms with Crippen LogP contribution in [0.1, 0.15) is 49.9 Å². The number of carbonyl (C=O) groups is 1. The van der Waals surface area contributed by atoms with Gasteiger partial charge in [-0.25, -0.2) is 5.43 Å². The molecule has 2 aliphatic heterocycles. The first-order valence-electron chi connectivity index (χ1n) is 11.9. The number of nitrogens with zero attached hydrogens (tertiary/aromatic N) is 2. The fraction of sp³-hybridized carbons (Fsp3) is 0.560. The van der Waals surface area contributed by atoms with Crippen LogP contribution in [0.5, 0.6) is 0 Å². The number of anilines is 2. The van der Waals surface area contributed by atoms with Gasteiger partial charge in [-0.2, -0.15) is 13.2 Å². The second kappa shape index (κ2) is 9.26. The Labute approximate surface area is 199 Å². The lowest BCUT2D eigenvalue weighted by atomic mass is 9.75. The lowest BCUT2D eigenvalue weighted by Crippen LogP contribution is -2.45. The number of amides is 1. The molecule has 3 unspecified atom stereocenters. The summed E-state index contributed by atoms with van der Waals surface area (Å²) in [5.74, 6) is -1.22. The van der Waals surface area contributed by atoms with Crippen LogP contribution in [0.4, 0.5) is 24.5 Å². The van der Waals surface area contributed by atoms with Crippen molar-refractivity contribution in [1.82, 2.24) is 10.3 Å². The summed E-state index contributed by atoms with van der Waals surface area (Å²) in [4.78, 5) is 14.4. The molecule has 0 radical (unpaired) electrons. The first-order valence-corrected chi connectivity index (χ1v) is 11.9. The summed E-state index contributed by atoms with van der Waals surface area (Å²) in [5, 5.41) is 4.99. The molecule has 3 aliphatic rings. The Morgan fingerprint density at radius 1 is 1.35 bits per heavy atom. The SMILES string of the molecule is C=CCN1CCCC(Nc2cc(N3NC(C(F)(F)F)C4CCC(C)(C)C=C43)ccc2C(N)=O)C1. The van der Waals surface area contributed by atoms with Crippen molar-refractivity contribution in [3.05, 3.63) is 48.2 Å². The third kappa shape index (κ3) is 5.10. The Kier molecular flexibility index (Phi) is 6.70. The predicted molar refractivity (Wildman–Crippen MR) is 128 cm³/mol. The maximum atomic E-state index is 13.9. The average Bonchev–Trinajstić information content (AvgIpc) is 3.12. The van der Waals surface area contributed by atoms with Gasteiger partial charge in [-0.15, -0.1) is 6.58 Å². The number of fused-ring (bicyclic) bond motifs is 1. The monoisotopic (exact) mass is 477 g/mol. The summed E-state index contributed by atoms with van der Waals surface area (Å²) in [7, 11) is 0. The molecular weight excluding hydrogens is 443 g/mol. The number of benzene rings is 1. The van der Waals surface area contributed by atoms with Gasteiger partial charge in [-0.1, -0.05) is 26.0 Å². The largest absolute Gasteiger partial charge is 0.406 e. The number of carbonyl (C=O) groups excluding carboxylic acids is 1. The minimum Gasteiger partial charge on any atom is -0.380 e. The van der Waals surface area contributed by atoms with Crippen LogP contribution in [0.3, 0.4) is 0 Å². The molecule has 1 aromatic rings. The zero-order chi connectivity index (χ0) is 24.7. The van der Waals surface area contributed by atoms with Crippen molar-refractivity contribution in [2.75, 3.05) is 30.0 Å². The average molecular weight is 478 g/mol. The van der Waals surface area contributed by atoms with Crippen LogP contribution in [0, 0.1) is 11.3 Å². The van der Waals surface area contributed by atoms with Gasteiger partial charge >= 0.3 is 6.18 Å². The molecule has 2 saturated heterocycles. The number of allylic oxidation sites excluding steroid dienone is 1. The summed E-state index contributed by atoms with van der Waals surface area (Å²) in [5.41, 5.74) is 10.2. The molecule has 0 saturated carbocycles. The first-order chi connectivity index (χ1) is 16.0. The molecule has 3 atom stereocenters. The lowest BCUT2D eigenvalue weighted by Gasteiger charge is -2.34. The quantitative estimate of drug-likeness (QED) is 0.529. The highest BCUT2D eigenvalue weighted by Gasteiger charge is 2.53. The Balaban J connectivity index is 1.67. The molecule has 1 aromatic carbocycles. The van der Waals surface area contributed by atoms with E-state index in [1.54, 1.807) is 23.2 Å². The van der Waals surface area contributed by atoms with Crippen LogP contribution in [0.2, 0.25) is 0 Å². The van der Waals surface area contributed by atoms with E-state index in [1.165, 1.54) is 0 Å². The van der Waals surface area contributed by atoms with Crippen molar-refractivity contribution in [1.29, 1.82) is 0 Å². The molecule has 1 amide bonds. The van der Waals surface area contributed by atoms with Crippen molar-refractivity contribution < 1.29 is 18.0 Å². The van der Waals surface area contributed by atoms with E-state index < -0.39 is 24.0 Å². The van der Waals surface area contributed by atoms with Gasteiger partial charge in [-0.3, -0.25) is 14.7 Å². The summed E-state index contributed by atoms with van der Waals surface area (Å²) < 4.78 is 41.6. The molecule has 0 spiro atoms. The highest BCUT2D eigenvalue weighted by molar-refractivity contribution is 5.99. The number of primary amides is 1. The van der Waals surface area contributed by atoms with Gasteiger partial charge in [0.25, 0.3) is 5.91 Å². The number of nitrogens with one attached hydrogen (secondary N) is 2. The Morgan fingerprint density at radius 2 is 2.12 bits per heavy atom. The molecule has 1 aliphatic carbocycles. The van der Waals surface area contributed by atoms with E-state index in [9.17, 15) is 18.0 Å². The standard InChI is InChI=1S/C25H34F3N5O/c1-4-11-32-12-5-6-16(15-32)30-20-13-17(7-8-18(20)23(29)34)33-21-14-24(2,3)10-9-19(21)22(31-33)25(26,27)28/h4,7-8,13-14,16,19,22,30-31H,1,5-6,9-12,15H2,2-3H3,(H2,29,34). The molecule has 0 bridgehead atoms. The van der Waals surface area contributed by atoms with E-state index in [2.05, 4.69) is 22.2 Å². The Bertz CT molecular complexity index is 974. The van der Waals surface area contributed by atoms with Crippen LogP contribution in [0.15, 0.2) is 42.6 Å². The number of nitrogens with two attached hydrogens (primary N) is 1. The molecule has 34 heavy (non-hydrogen) atoms. The summed E-state index contributed by atoms with van der Waals surface area (Å²) >= 11 is 0. The summed E-state index contributed by atoms with van der Waals surface area (Å²) in [6, 6.07) is 3.43. The number of hydrogen-bond acceptors (Lipinski definition) is 5. The van der Waals surface area contributed by atoms with E-state index in [0.29, 0.717) is 35.5 Å². The minimum atomic E-state index is -4.37. The van der Waals surface area contributed by atoms with E-state index in [0.717, 1.165) is 32.5 Å². The molecule has 4 N–H and O–H groups in total. The maximum Gasteiger partial charge on any atom is 0.406 e. The number of hydrazine groups is 1. The van der Waals surface area contributed by atoms with Crippen LogP contribution < -0.4 is 21.5 Å². The Morgan fingerprint density at radius 3 is 2.79 bits per heavy atom. The first kappa shape index (κ1) is 24.6. The lowest BCUT2D eigenvalue weighted by molar-refractivity contribution is -0.160. The van der Waals surface area contributed by atoms with E-state index in [1.807, 2.05) is 26.0 Å². The number of likely N-dealkylation sites (tertiary alicyclic amines) is 1. The van der Waals surface area contributed by atoms with Gasteiger partial charge in [0, 0.05) is 36.4 Å². The van der Waals surface area contributed by atoms with Crippen molar-refractivity contribution in [3.63, 3.8) is 0 Å². The third-order valence-electron chi connectivity index (χ3n) is 7.08. The smallest absolute Gasteiger partial charge is 0.380 e. The number of halogens is 3. The fourth-order valence-corrected chi connectivity index (χ4v) is 5.40. The Hall–Kier alpha value is -2.52. The highest BCUT2D eigenvalue weighted by atomic mass is 19.4. The third-order valence-corrected chi connectivity index (χ3v) is 7.08. The second-order valence-corrected chi connectivity index (χ2v) is 10.3. The van der Waals surface area contributed by atoms with Crippen molar-refractivity contribution in [2.24, 2.45) is 17.1 Å².